The minimum Gasteiger partial charge on any atom is -0.493 e. The third-order valence-corrected chi connectivity index (χ3v) is 4.59. The molecule has 0 atom stereocenters. The minimum absolute atomic E-state index is 0.146. The molecule has 0 aliphatic carbocycles. The lowest BCUT2D eigenvalue weighted by Crippen LogP contribution is -2.30. The minimum atomic E-state index is -0.228. The molecule has 2 aromatic rings. The number of methoxy groups -OCH3 is 1. The molecule has 0 aromatic heterocycles. The van der Waals surface area contributed by atoms with Crippen molar-refractivity contribution in [1.29, 1.82) is 0 Å². The molecule has 1 aliphatic heterocycles. The summed E-state index contributed by atoms with van der Waals surface area (Å²) in [6, 6.07) is 12.7. The Hall–Kier alpha value is -2.82. The van der Waals surface area contributed by atoms with Crippen molar-refractivity contribution in [3.05, 3.63) is 58.2 Å². The Morgan fingerprint density at radius 2 is 2.00 bits per heavy atom. The second-order valence-corrected chi connectivity index (χ2v) is 6.81. The third-order valence-electron chi connectivity index (χ3n) is 3.77. The molecule has 1 heterocycles. The van der Waals surface area contributed by atoms with Gasteiger partial charge in [-0.1, -0.05) is 27.9 Å². The van der Waals surface area contributed by atoms with Crippen LogP contribution in [0.3, 0.4) is 0 Å². The lowest BCUT2D eigenvalue weighted by atomic mass is 10.1. The summed E-state index contributed by atoms with van der Waals surface area (Å²) < 4.78 is 11.7. The first-order valence-electron chi connectivity index (χ1n) is 7.90. The van der Waals surface area contributed by atoms with Crippen molar-refractivity contribution in [3.8, 4) is 23.8 Å². The zero-order valence-corrected chi connectivity index (χ0v) is 16.8. The molecule has 0 bridgehead atoms. The highest BCUT2D eigenvalue weighted by atomic mass is 79.9. The summed E-state index contributed by atoms with van der Waals surface area (Å²) in [5.74, 6) is 3.24. The first-order chi connectivity index (χ1) is 13.0. The smallest absolute Gasteiger partial charge is 0.281 e. The Labute approximate surface area is 171 Å². The maximum atomic E-state index is 12.8. The lowest BCUT2D eigenvalue weighted by Gasteiger charge is -2.13. The van der Waals surface area contributed by atoms with Crippen molar-refractivity contribution in [1.82, 2.24) is 5.32 Å². The van der Waals surface area contributed by atoms with Gasteiger partial charge in [0.2, 0.25) is 0 Å². The number of terminal acetylenes is 1. The van der Waals surface area contributed by atoms with Gasteiger partial charge in [-0.15, -0.1) is 6.42 Å². The molecule has 0 radical (unpaired) electrons. The number of anilines is 1. The van der Waals surface area contributed by atoms with Crippen LogP contribution in [0, 0.1) is 12.3 Å². The van der Waals surface area contributed by atoms with Crippen LogP contribution in [0.4, 0.5) is 5.69 Å². The number of halogens is 1. The van der Waals surface area contributed by atoms with Crippen molar-refractivity contribution in [2.75, 3.05) is 18.6 Å². The molecular formula is C20H15BrN2O3S. The molecule has 3 rings (SSSR count). The van der Waals surface area contributed by atoms with Gasteiger partial charge in [-0.05, 0) is 60.3 Å². The maximum Gasteiger partial charge on any atom is 0.281 e. The van der Waals surface area contributed by atoms with E-state index in [0.717, 1.165) is 10.0 Å². The van der Waals surface area contributed by atoms with Crippen molar-refractivity contribution < 1.29 is 14.3 Å². The zero-order chi connectivity index (χ0) is 19.4. The highest BCUT2D eigenvalue weighted by Gasteiger charge is 2.31. The molecule has 0 spiro atoms. The van der Waals surface area contributed by atoms with Gasteiger partial charge < -0.3 is 14.8 Å². The highest BCUT2D eigenvalue weighted by molar-refractivity contribution is 9.10. The monoisotopic (exact) mass is 442 g/mol. The Bertz CT molecular complexity index is 964. The van der Waals surface area contributed by atoms with E-state index < -0.39 is 0 Å². The number of carbonyl (C=O) groups is 1. The number of ether oxygens (including phenoxy) is 2. The number of nitrogens with one attached hydrogen (secondary N) is 1. The van der Waals surface area contributed by atoms with Crippen LogP contribution < -0.4 is 19.7 Å². The highest BCUT2D eigenvalue weighted by Crippen LogP contribution is 2.30. The molecule has 5 nitrogen and oxygen atoms in total. The molecule has 136 valence electrons. The number of hydrogen-bond acceptors (Lipinski definition) is 4. The average molecular weight is 443 g/mol. The molecule has 0 saturated carbocycles. The fourth-order valence-corrected chi connectivity index (χ4v) is 3.10. The predicted octanol–water partition coefficient (Wildman–Crippen LogP) is 3.73. The van der Waals surface area contributed by atoms with E-state index in [0.29, 0.717) is 28.0 Å². The van der Waals surface area contributed by atoms with Crippen LogP contribution in [0.25, 0.3) is 6.08 Å². The SMILES string of the molecule is C#CCOc1ccc(C=C2NC(=S)N(c3ccc(Br)cc3)C2=O)cc1OC. The van der Waals surface area contributed by atoms with Crippen molar-refractivity contribution in [2.45, 2.75) is 0 Å². The zero-order valence-electron chi connectivity index (χ0n) is 14.4. The van der Waals surface area contributed by atoms with Crippen LogP contribution in [-0.2, 0) is 4.79 Å². The largest absolute Gasteiger partial charge is 0.493 e. The van der Waals surface area contributed by atoms with Gasteiger partial charge in [-0.2, -0.15) is 0 Å². The van der Waals surface area contributed by atoms with E-state index in [9.17, 15) is 4.79 Å². The fraction of sp³-hybridized carbons (Fsp3) is 0.100. The number of amides is 1. The van der Waals surface area contributed by atoms with Gasteiger partial charge in [-0.25, -0.2) is 0 Å². The van der Waals surface area contributed by atoms with Gasteiger partial charge in [0.25, 0.3) is 5.91 Å². The summed E-state index contributed by atoms with van der Waals surface area (Å²) in [5, 5.41) is 3.29. The van der Waals surface area contributed by atoms with Crippen molar-refractivity contribution in [2.24, 2.45) is 0 Å². The first-order valence-corrected chi connectivity index (χ1v) is 9.10. The molecular weight excluding hydrogens is 428 g/mol. The second-order valence-electron chi connectivity index (χ2n) is 5.51. The first kappa shape index (κ1) is 19.0. The van der Waals surface area contributed by atoms with Crippen LogP contribution in [-0.4, -0.2) is 24.7 Å². The Balaban J connectivity index is 1.87. The molecule has 1 aliphatic rings. The summed E-state index contributed by atoms with van der Waals surface area (Å²) in [7, 11) is 1.54. The van der Waals surface area contributed by atoms with Crippen LogP contribution >= 0.6 is 28.1 Å². The lowest BCUT2D eigenvalue weighted by molar-refractivity contribution is -0.113. The number of rotatable bonds is 5. The van der Waals surface area contributed by atoms with E-state index >= 15 is 0 Å². The number of nitrogens with zero attached hydrogens (tertiary/aromatic N) is 1. The van der Waals surface area contributed by atoms with E-state index in [1.54, 1.807) is 25.3 Å². The third kappa shape index (κ3) is 4.13. The Morgan fingerprint density at radius 3 is 2.67 bits per heavy atom. The van der Waals surface area contributed by atoms with Crippen molar-refractivity contribution >= 4 is 50.9 Å². The molecule has 7 heteroatoms. The Morgan fingerprint density at radius 1 is 1.26 bits per heavy atom. The summed E-state index contributed by atoms with van der Waals surface area (Å²) in [6.07, 6.45) is 6.92. The van der Waals surface area contributed by atoms with Gasteiger partial charge in [0.05, 0.1) is 12.8 Å². The molecule has 1 fully saturated rings. The topological polar surface area (TPSA) is 50.8 Å². The number of hydrogen-bond donors (Lipinski definition) is 1. The standard InChI is InChI=1S/C20H15BrN2O3S/c1-3-10-26-17-9-4-13(12-18(17)25-2)11-16-19(24)23(20(27)22-16)15-7-5-14(21)6-8-15/h1,4-9,11-12H,10H2,2H3,(H,22,27). The normalized spacial score (nSPS) is 14.9. The van der Waals surface area contributed by atoms with Gasteiger partial charge in [0, 0.05) is 4.47 Å². The van der Waals surface area contributed by atoms with Gasteiger partial charge in [-0.3, -0.25) is 9.69 Å². The summed E-state index contributed by atoms with van der Waals surface area (Å²) in [5.41, 5.74) is 1.83. The van der Waals surface area contributed by atoms with Crippen molar-refractivity contribution in [3.63, 3.8) is 0 Å². The maximum absolute atomic E-state index is 12.8. The quantitative estimate of drug-likeness (QED) is 0.434. The molecule has 0 unspecified atom stereocenters. The summed E-state index contributed by atoms with van der Waals surface area (Å²) >= 11 is 8.70. The molecule has 1 saturated heterocycles. The summed E-state index contributed by atoms with van der Waals surface area (Å²) in [6.45, 7) is 0.146. The van der Waals surface area contributed by atoms with Gasteiger partial charge >= 0.3 is 0 Å². The van der Waals surface area contributed by atoms with E-state index in [1.165, 1.54) is 4.90 Å². The number of carbonyl (C=O) groups excluding carboxylic acids is 1. The second kappa shape index (κ2) is 8.25. The van der Waals surface area contributed by atoms with Gasteiger partial charge in [0.1, 0.15) is 12.3 Å². The van der Waals surface area contributed by atoms with Crippen LogP contribution in [0.5, 0.6) is 11.5 Å². The van der Waals surface area contributed by atoms with E-state index in [4.69, 9.17) is 28.1 Å². The van der Waals surface area contributed by atoms with Gasteiger partial charge in [0.15, 0.2) is 16.6 Å². The molecule has 27 heavy (non-hydrogen) atoms. The molecule has 1 N–H and O–H groups in total. The van der Waals surface area contributed by atoms with E-state index in [-0.39, 0.29) is 12.5 Å². The van der Waals surface area contributed by atoms with Crippen LogP contribution in [0.2, 0.25) is 0 Å². The van der Waals surface area contributed by atoms with Crippen LogP contribution in [0.15, 0.2) is 52.6 Å². The number of thiocarbonyl (C=S) groups is 1. The molecule has 2 aromatic carbocycles. The van der Waals surface area contributed by atoms with Crippen LogP contribution in [0.1, 0.15) is 5.56 Å². The molecule has 1 amide bonds. The fourth-order valence-electron chi connectivity index (χ4n) is 2.54. The van der Waals surface area contributed by atoms with E-state index in [1.807, 2.05) is 30.3 Å². The van der Waals surface area contributed by atoms with E-state index in [2.05, 4.69) is 27.2 Å². The predicted molar refractivity (Wildman–Crippen MR) is 113 cm³/mol. The average Bonchev–Trinajstić information content (AvgIpc) is 2.94. The summed E-state index contributed by atoms with van der Waals surface area (Å²) in [4.78, 5) is 14.2. The Kier molecular flexibility index (Phi) is 5.79. The number of benzene rings is 2.